The zero-order valence-corrected chi connectivity index (χ0v) is 21.1. The molecule has 1 aliphatic carbocycles. The molecule has 0 spiro atoms. The second-order valence-corrected chi connectivity index (χ2v) is 10.2. The highest BCUT2D eigenvalue weighted by atomic mass is 127. The van der Waals surface area contributed by atoms with Crippen LogP contribution in [0.15, 0.2) is 4.99 Å². The average molecular weight is 530 g/mol. The number of halogens is 1. The largest absolute Gasteiger partial charge is 0.356 e. The number of sulfonamides is 1. The van der Waals surface area contributed by atoms with Gasteiger partial charge in [-0.05, 0) is 43.9 Å². The molecule has 166 valence electrons. The standard InChI is InChI=1S/C19H39N5O2S.HI/c1-16(2)17-6-8-18(9-7-17)23-12-14-24(15-13-23)19(20-3)21-10-5-11-22-27(4,25)26;/h16-18,22H,5-15H2,1-4H3,(H,20,21);1H. The maximum Gasteiger partial charge on any atom is 0.208 e. The number of hydrogen-bond acceptors (Lipinski definition) is 4. The summed E-state index contributed by atoms with van der Waals surface area (Å²) in [7, 11) is -1.28. The number of nitrogens with zero attached hydrogens (tertiary/aromatic N) is 3. The van der Waals surface area contributed by atoms with Crippen LogP contribution >= 0.6 is 24.0 Å². The van der Waals surface area contributed by atoms with Gasteiger partial charge in [0.15, 0.2) is 5.96 Å². The van der Waals surface area contributed by atoms with Crippen molar-refractivity contribution in [1.82, 2.24) is 19.8 Å². The van der Waals surface area contributed by atoms with Gasteiger partial charge in [-0.1, -0.05) is 13.8 Å². The van der Waals surface area contributed by atoms with Crippen LogP contribution in [0.5, 0.6) is 0 Å². The second kappa shape index (κ2) is 12.5. The van der Waals surface area contributed by atoms with Gasteiger partial charge in [0.25, 0.3) is 0 Å². The molecule has 1 aliphatic heterocycles. The molecule has 0 aromatic carbocycles. The van der Waals surface area contributed by atoms with Crippen LogP contribution in [0, 0.1) is 11.8 Å². The van der Waals surface area contributed by atoms with Crippen molar-refractivity contribution in [2.75, 3.05) is 52.6 Å². The van der Waals surface area contributed by atoms with Gasteiger partial charge in [0, 0.05) is 52.4 Å². The molecule has 0 atom stereocenters. The molecule has 7 nitrogen and oxygen atoms in total. The van der Waals surface area contributed by atoms with E-state index in [0.29, 0.717) is 13.1 Å². The van der Waals surface area contributed by atoms with Crippen LogP contribution in [0.4, 0.5) is 0 Å². The Hall–Kier alpha value is -0.130. The van der Waals surface area contributed by atoms with E-state index in [2.05, 4.69) is 38.7 Å². The fraction of sp³-hybridized carbons (Fsp3) is 0.947. The highest BCUT2D eigenvalue weighted by Gasteiger charge is 2.29. The predicted octanol–water partition coefficient (Wildman–Crippen LogP) is 1.95. The molecule has 1 saturated carbocycles. The van der Waals surface area contributed by atoms with E-state index in [1.54, 1.807) is 0 Å². The molecule has 1 heterocycles. The van der Waals surface area contributed by atoms with Gasteiger partial charge in [0.05, 0.1) is 6.26 Å². The Kier molecular flexibility index (Phi) is 11.6. The normalized spacial score (nSPS) is 24.9. The summed E-state index contributed by atoms with van der Waals surface area (Å²) < 4.78 is 24.7. The lowest BCUT2D eigenvalue weighted by Crippen LogP contribution is -2.55. The fourth-order valence-electron chi connectivity index (χ4n) is 4.31. The average Bonchev–Trinajstić information content (AvgIpc) is 2.64. The molecule has 0 radical (unpaired) electrons. The molecule has 0 amide bonds. The molecule has 0 aromatic heterocycles. The van der Waals surface area contributed by atoms with Crippen molar-refractivity contribution in [3.05, 3.63) is 0 Å². The summed E-state index contributed by atoms with van der Waals surface area (Å²) in [6, 6.07) is 0.763. The molecule has 2 fully saturated rings. The van der Waals surface area contributed by atoms with Gasteiger partial charge < -0.3 is 10.2 Å². The third-order valence-corrected chi connectivity index (χ3v) is 6.76. The summed E-state index contributed by atoms with van der Waals surface area (Å²) in [4.78, 5) is 9.40. The summed E-state index contributed by atoms with van der Waals surface area (Å²) in [5, 5.41) is 3.36. The van der Waals surface area contributed by atoms with Gasteiger partial charge in [-0.15, -0.1) is 24.0 Å². The lowest BCUT2D eigenvalue weighted by Gasteiger charge is -2.43. The van der Waals surface area contributed by atoms with Crippen LogP contribution in [0.25, 0.3) is 0 Å². The molecule has 2 rings (SSSR count). The van der Waals surface area contributed by atoms with Crippen LogP contribution in [0.1, 0.15) is 46.0 Å². The van der Waals surface area contributed by atoms with E-state index < -0.39 is 10.0 Å². The third-order valence-electron chi connectivity index (χ3n) is 6.03. The number of hydrogen-bond donors (Lipinski definition) is 2. The Morgan fingerprint density at radius 2 is 1.68 bits per heavy atom. The van der Waals surface area contributed by atoms with Gasteiger partial charge in [0.1, 0.15) is 0 Å². The summed E-state index contributed by atoms with van der Waals surface area (Å²) in [5.74, 6) is 2.67. The van der Waals surface area contributed by atoms with Crippen molar-refractivity contribution < 1.29 is 8.42 Å². The van der Waals surface area contributed by atoms with Crippen molar-refractivity contribution in [3.8, 4) is 0 Å². The molecular weight excluding hydrogens is 489 g/mol. The molecule has 2 aliphatic rings. The topological polar surface area (TPSA) is 77.0 Å². The van der Waals surface area contributed by atoms with Crippen molar-refractivity contribution in [2.24, 2.45) is 16.8 Å². The Bertz CT molecular complexity index is 569. The fourth-order valence-corrected chi connectivity index (χ4v) is 4.83. The third kappa shape index (κ3) is 8.71. The molecule has 9 heteroatoms. The first-order valence-corrected chi connectivity index (χ1v) is 12.3. The number of aliphatic imine (C=N–C) groups is 1. The molecule has 0 bridgehead atoms. The first-order valence-electron chi connectivity index (χ1n) is 10.4. The Morgan fingerprint density at radius 3 is 2.18 bits per heavy atom. The van der Waals surface area contributed by atoms with Gasteiger partial charge in [-0.25, -0.2) is 13.1 Å². The minimum Gasteiger partial charge on any atom is -0.356 e. The van der Waals surface area contributed by atoms with E-state index in [1.807, 2.05) is 7.05 Å². The van der Waals surface area contributed by atoms with Crippen LogP contribution in [-0.4, -0.2) is 82.8 Å². The number of piperazine rings is 1. The quantitative estimate of drug-likeness (QED) is 0.228. The summed E-state index contributed by atoms with van der Waals surface area (Å²) in [5.41, 5.74) is 0. The molecular formula is C19H40IN5O2S. The highest BCUT2D eigenvalue weighted by molar-refractivity contribution is 14.0. The SMILES string of the molecule is CN=C(NCCCNS(C)(=O)=O)N1CCN(C2CCC(C(C)C)CC2)CC1.I. The molecule has 0 unspecified atom stereocenters. The predicted molar refractivity (Wildman–Crippen MR) is 128 cm³/mol. The zero-order valence-electron chi connectivity index (χ0n) is 18.0. The van der Waals surface area contributed by atoms with E-state index in [4.69, 9.17) is 0 Å². The zero-order chi connectivity index (χ0) is 19.9. The van der Waals surface area contributed by atoms with Crippen LogP contribution in [0.3, 0.4) is 0 Å². The smallest absolute Gasteiger partial charge is 0.208 e. The molecule has 1 saturated heterocycles. The molecule has 28 heavy (non-hydrogen) atoms. The number of nitrogens with one attached hydrogen (secondary N) is 2. The summed E-state index contributed by atoms with van der Waals surface area (Å²) >= 11 is 0. The lowest BCUT2D eigenvalue weighted by atomic mass is 9.79. The van der Waals surface area contributed by atoms with Gasteiger partial charge in [-0.2, -0.15) is 0 Å². The van der Waals surface area contributed by atoms with Crippen molar-refractivity contribution >= 4 is 40.0 Å². The Balaban J connectivity index is 0.00000392. The van der Waals surface area contributed by atoms with Gasteiger partial charge >= 0.3 is 0 Å². The summed E-state index contributed by atoms with van der Waals surface area (Å²) in [6.45, 7) is 10.1. The first-order chi connectivity index (χ1) is 12.8. The van der Waals surface area contributed by atoms with Crippen LogP contribution in [-0.2, 0) is 10.0 Å². The Morgan fingerprint density at radius 1 is 1.07 bits per heavy atom. The lowest BCUT2D eigenvalue weighted by molar-refractivity contribution is 0.0864. The highest BCUT2D eigenvalue weighted by Crippen LogP contribution is 2.32. The van der Waals surface area contributed by atoms with Gasteiger partial charge in [0.2, 0.25) is 10.0 Å². The van der Waals surface area contributed by atoms with E-state index in [1.165, 1.54) is 31.9 Å². The molecule has 0 aromatic rings. The maximum absolute atomic E-state index is 11.1. The van der Waals surface area contributed by atoms with E-state index in [0.717, 1.165) is 56.4 Å². The van der Waals surface area contributed by atoms with Crippen molar-refractivity contribution in [2.45, 2.75) is 52.0 Å². The van der Waals surface area contributed by atoms with Gasteiger partial charge in [-0.3, -0.25) is 9.89 Å². The Labute approximate surface area is 189 Å². The van der Waals surface area contributed by atoms with E-state index in [9.17, 15) is 8.42 Å². The van der Waals surface area contributed by atoms with Crippen LogP contribution < -0.4 is 10.0 Å². The monoisotopic (exact) mass is 529 g/mol. The first kappa shape index (κ1) is 25.9. The second-order valence-electron chi connectivity index (χ2n) is 8.33. The van der Waals surface area contributed by atoms with Crippen molar-refractivity contribution in [1.29, 1.82) is 0 Å². The number of guanidine groups is 1. The summed E-state index contributed by atoms with van der Waals surface area (Å²) in [6.07, 6.45) is 7.40. The minimum absolute atomic E-state index is 0. The molecule has 2 N–H and O–H groups in total. The van der Waals surface area contributed by atoms with E-state index >= 15 is 0 Å². The van der Waals surface area contributed by atoms with E-state index in [-0.39, 0.29) is 24.0 Å². The number of rotatable bonds is 7. The van der Waals surface area contributed by atoms with Crippen molar-refractivity contribution in [3.63, 3.8) is 0 Å². The van der Waals surface area contributed by atoms with Crippen LogP contribution in [0.2, 0.25) is 0 Å². The minimum atomic E-state index is -3.10. The maximum atomic E-state index is 11.1.